The number of aromatic hydroxyl groups is 1. The highest BCUT2D eigenvalue weighted by Gasteiger charge is 2.06. The van der Waals surface area contributed by atoms with Crippen LogP contribution in [0.4, 0.5) is 0 Å². The first-order chi connectivity index (χ1) is 9.20. The van der Waals surface area contributed by atoms with E-state index >= 15 is 0 Å². The lowest BCUT2D eigenvalue weighted by atomic mass is 10.1. The molecule has 0 unspecified atom stereocenters. The molecule has 4 nitrogen and oxygen atoms in total. The lowest BCUT2D eigenvalue weighted by Gasteiger charge is -2.07. The van der Waals surface area contributed by atoms with Crippen molar-refractivity contribution < 1.29 is 9.90 Å². The smallest absolute Gasteiger partial charge is 0.251 e. The lowest BCUT2D eigenvalue weighted by molar-refractivity contribution is 0.0951. The zero-order valence-corrected chi connectivity index (χ0v) is 10.1. The van der Waals surface area contributed by atoms with Crippen molar-refractivity contribution in [3.63, 3.8) is 0 Å². The van der Waals surface area contributed by atoms with Crippen molar-refractivity contribution in [1.29, 1.82) is 5.26 Å². The molecule has 0 heterocycles. The molecule has 2 N–H and O–H groups in total. The molecule has 19 heavy (non-hydrogen) atoms. The average Bonchev–Trinajstić information content (AvgIpc) is 2.46. The van der Waals surface area contributed by atoms with Gasteiger partial charge in [-0.1, -0.05) is 18.2 Å². The zero-order valence-electron chi connectivity index (χ0n) is 10.1. The number of phenolic OH excluding ortho intramolecular Hbond substituents is 1. The van der Waals surface area contributed by atoms with Gasteiger partial charge < -0.3 is 10.4 Å². The molecule has 0 aliphatic heterocycles. The second kappa shape index (κ2) is 5.69. The van der Waals surface area contributed by atoms with Crippen molar-refractivity contribution in [2.24, 2.45) is 0 Å². The van der Waals surface area contributed by atoms with Gasteiger partial charge >= 0.3 is 0 Å². The largest absolute Gasteiger partial charge is 0.508 e. The van der Waals surface area contributed by atoms with E-state index in [9.17, 15) is 9.90 Å². The fourth-order valence-corrected chi connectivity index (χ4v) is 1.63. The normalized spacial score (nSPS) is 9.63. The van der Waals surface area contributed by atoms with Crippen LogP contribution in [0.15, 0.2) is 48.5 Å². The summed E-state index contributed by atoms with van der Waals surface area (Å²) in [6, 6.07) is 15.2. The van der Waals surface area contributed by atoms with Gasteiger partial charge in [0.1, 0.15) is 5.75 Å². The zero-order chi connectivity index (χ0) is 13.7. The summed E-state index contributed by atoms with van der Waals surface area (Å²) >= 11 is 0. The molecule has 2 rings (SSSR count). The number of hydrogen-bond acceptors (Lipinski definition) is 3. The molecule has 0 aliphatic carbocycles. The minimum absolute atomic E-state index is 0.155. The van der Waals surface area contributed by atoms with Gasteiger partial charge in [0, 0.05) is 17.7 Å². The van der Waals surface area contributed by atoms with Crippen LogP contribution in [-0.2, 0) is 6.54 Å². The van der Waals surface area contributed by atoms with E-state index in [0.717, 1.165) is 0 Å². The summed E-state index contributed by atoms with van der Waals surface area (Å²) in [6.45, 7) is 0.255. The first-order valence-electron chi connectivity index (χ1n) is 5.76. The Balaban J connectivity index is 2.02. The van der Waals surface area contributed by atoms with Crippen molar-refractivity contribution >= 4 is 5.91 Å². The number of amides is 1. The van der Waals surface area contributed by atoms with Gasteiger partial charge in [0.25, 0.3) is 5.91 Å². The molecular weight excluding hydrogens is 240 g/mol. The standard InChI is InChI=1S/C15H12N2O2/c16-9-11-5-7-12(8-6-11)15(19)17-10-13-3-1-2-4-14(13)18/h1-8,18H,10H2,(H,17,19). The van der Waals surface area contributed by atoms with Crippen molar-refractivity contribution in [2.75, 3.05) is 0 Å². The number of carbonyl (C=O) groups is 1. The van der Waals surface area contributed by atoms with Gasteiger partial charge in [-0.3, -0.25) is 4.79 Å². The molecule has 94 valence electrons. The highest BCUT2D eigenvalue weighted by atomic mass is 16.3. The van der Waals surface area contributed by atoms with Crippen LogP contribution in [0.2, 0.25) is 0 Å². The number of nitrogens with one attached hydrogen (secondary N) is 1. The fraction of sp³-hybridized carbons (Fsp3) is 0.0667. The van der Waals surface area contributed by atoms with E-state index in [4.69, 9.17) is 5.26 Å². The highest BCUT2D eigenvalue weighted by molar-refractivity contribution is 5.94. The SMILES string of the molecule is N#Cc1ccc(C(=O)NCc2ccccc2O)cc1. The van der Waals surface area contributed by atoms with Crippen LogP contribution in [-0.4, -0.2) is 11.0 Å². The minimum Gasteiger partial charge on any atom is -0.508 e. The minimum atomic E-state index is -0.243. The molecule has 4 heteroatoms. The van der Waals surface area contributed by atoms with Crippen LogP contribution < -0.4 is 5.32 Å². The molecule has 0 saturated carbocycles. The van der Waals surface area contributed by atoms with Crippen LogP contribution in [0.5, 0.6) is 5.75 Å². The number of rotatable bonds is 3. The topological polar surface area (TPSA) is 73.1 Å². The molecule has 2 aromatic rings. The lowest BCUT2D eigenvalue weighted by Crippen LogP contribution is -2.22. The van der Waals surface area contributed by atoms with Gasteiger partial charge in [-0.05, 0) is 30.3 Å². The van der Waals surface area contributed by atoms with Crippen molar-refractivity contribution in [1.82, 2.24) is 5.32 Å². The molecule has 0 spiro atoms. The third-order valence-electron chi connectivity index (χ3n) is 2.71. The van der Waals surface area contributed by atoms with Crippen LogP contribution in [0.3, 0.4) is 0 Å². The molecule has 0 saturated heterocycles. The van der Waals surface area contributed by atoms with Gasteiger partial charge in [0.15, 0.2) is 0 Å². The maximum absolute atomic E-state index is 11.9. The van der Waals surface area contributed by atoms with Gasteiger partial charge in [-0.25, -0.2) is 0 Å². The molecule has 2 aromatic carbocycles. The summed E-state index contributed by atoms with van der Waals surface area (Å²) in [4.78, 5) is 11.9. The van der Waals surface area contributed by atoms with Crippen LogP contribution >= 0.6 is 0 Å². The van der Waals surface area contributed by atoms with Gasteiger partial charge in [0.2, 0.25) is 0 Å². The molecular formula is C15H12N2O2. The van der Waals surface area contributed by atoms with Gasteiger partial charge in [-0.15, -0.1) is 0 Å². The van der Waals surface area contributed by atoms with Crippen LogP contribution in [0.1, 0.15) is 21.5 Å². The third kappa shape index (κ3) is 3.11. The summed E-state index contributed by atoms with van der Waals surface area (Å²) in [5.74, 6) is -0.0876. The number of hydrogen-bond donors (Lipinski definition) is 2. The Morgan fingerprint density at radius 1 is 1.16 bits per heavy atom. The van der Waals surface area contributed by atoms with Crippen molar-refractivity contribution in [2.45, 2.75) is 6.54 Å². The highest BCUT2D eigenvalue weighted by Crippen LogP contribution is 2.15. The maximum Gasteiger partial charge on any atom is 0.251 e. The molecule has 0 bridgehead atoms. The second-order valence-corrected chi connectivity index (χ2v) is 4.00. The van der Waals surface area contributed by atoms with Crippen molar-refractivity contribution in [3.05, 3.63) is 65.2 Å². The number of nitriles is 1. The van der Waals surface area contributed by atoms with E-state index in [1.807, 2.05) is 6.07 Å². The predicted octanol–water partition coefficient (Wildman–Crippen LogP) is 2.19. The Bertz CT molecular complexity index is 627. The Hall–Kier alpha value is -2.80. The Morgan fingerprint density at radius 2 is 1.84 bits per heavy atom. The number of para-hydroxylation sites is 1. The summed E-state index contributed by atoms with van der Waals surface area (Å²) in [5, 5.41) is 21.0. The Labute approximate surface area is 110 Å². The molecule has 0 radical (unpaired) electrons. The first-order valence-corrected chi connectivity index (χ1v) is 5.76. The van der Waals surface area contributed by atoms with E-state index in [1.165, 1.54) is 0 Å². The third-order valence-corrected chi connectivity index (χ3v) is 2.71. The van der Waals surface area contributed by atoms with E-state index in [0.29, 0.717) is 16.7 Å². The molecule has 0 fully saturated rings. The number of carbonyl (C=O) groups excluding carboxylic acids is 1. The van der Waals surface area contributed by atoms with Gasteiger partial charge in [-0.2, -0.15) is 5.26 Å². The van der Waals surface area contributed by atoms with Crippen molar-refractivity contribution in [3.8, 4) is 11.8 Å². The summed E-state index contributed by atoms with van der Waals surface area (Å²) in [7, 11) is 0. The summed E-state index contributed by atoms with van der Waals surface area (Å²) in [5.41, 5.74) is 1.65. The van der Waals surface area contributed by atoms with E-state index < -0.39 is 0 Å². The summed E-state index contributed by atoms with van der Waals surface area (Å²) in [6.07, 6.45) is 0. The van der Waals surface area contributed by atoms with E-state index in [1.54, 1.807) is 48.5 Å². The first kappa shape index (κ1) is 12.7. The van der Waals surface area contributed by atoms with E-state index in [2.05, 4.69) is 5.32 Å². The molecule has 0 atom stereocenters. The maximum atomic E-state index is 11.9. The Morgan fingerprint density at radius 3 is 2.47 bits per heavy atom. The number of nitrogens with zero attached hydrogens (tertiary/aromatic N) is 1. The second-order valence-electron chi connectivity index (χ2n) is 4.00. The monoisotopic (exact) mass is 252 g/mol. The number of phenols is 1. The van der Waals surface area contributed by atoms with Crippen LogP contribution in [0, 0.1) is 11.3 Å². The predicted molar refractivity (Wildman–Crippen MR) is 70.4 cm³/mol. The molecule has 1 amide bonds. The quantitative estimate of drug-likeness (QED) is 0.879. The van der Waals surface area contributed by atoms with Crippen LogP contribution in [0.25, 0.3) is 0 Å². The molecule has 0 aliphatic rings. The average molecular weight is 252 g/mol. The van der Waals surface area contributed by atoms with E-state index in [-0.39, 0.29) is 18.2 Å². The molecule has 0 aromatic heterocycles. The Kier molecular flexibility index (Phi) is 3.79. The van der Waals surface area contributed by atoms with Gasteiger partial charge in [0.05, 0.1) is 11.6 Å². The fourth-order valence-electron chi connectivity index (χ4n) is 1.63. The summed E-state index contributed by atoms with van der Waals surface area (Å²) < 4.78 is 0. The number of benzene rings is 2.